The summed E-state index contributed by atoms with van der Waals surface area (Å²) in [6.07, 6.45) is 0.0360. The first kappa shape index (κ1) is 21.0. The van der Waals surface area contributed by atoms with Crippen LogP contribution in [0.4, 0.5) is 10.1 Å². The van der Waals surface area contributed by atoms with Gasteiger partial charge in [-0.05, 0) is 48.0 Å². The van der Waals surface area contributed by atoms with Gasteiger partial charge >= 0.3 is 0 Å². The summed E-state index contributed by atoms with van der Waals surface area (Å²) in [6, 6.07) is 15.4. The summed E-state index contributed by atoms with van der Waals surface area (Å²) >= 11 is 0. The standard InChI is InChI=1S/C21H21FN4O2.ClH/c1-26-19(12-18(25-26)14-2-6-16(22)7-3-14)21(27)24-17-8-4-15(5-9-17)20-13-23-10-11-28-20;/h2-9,12,20,23H,10-11,13H2,1H3,(H,24,27);1H/t20-;/m1./s1. The molecule has 1 aromatic heterocycles. The SMILES string of the molecule is Cl.Cn1nc(-c2ccc(F)cc2)cc1C(=O)Nc1ccc([C@H]2CNCCO2)cc1. The molecule has 2 heterocycles. The van der Waals surface area contributed by atoms with Gasteiger partial charge in [-0.3, -0.25) is 9.48 Å². The van der Waals surface area contributed by atoms with Crippen molar-refractivity contribution in [3.63, 3.8) is 0 Å². The maximum absolute atomic E-state index is 13.1. The number of aromatic nitrogens is 2. The normalized spacial score (nSPS) is 16.1. The third kappa shape index (κ3) is 4.82. The molecule has 0 bridgehead atoms. The number of hydrogen-bond acceptors (Lipinski definition) is 4. The predicted octanol–water partition coefficient (Wildman–Crippen LogP) is 3.56. The Kier molecular flexibility index (Phi) is 6.64. The van der Waals surface area contributed by atoms with Crippen LogP contribution in [0.1, 0.15) is 22.2 Å². The number of carbonyl (C=O) groups excluding carboxylic acids is 1. The Morgan fingerprint density at radius 3 is 2.59 bits per heavy atom. The van der Waals surface area contributed by atoms with Crippen LogP contribution < -0.4 is 10.6 Å². The number of carbonyl (C=O) groups is 1. The number of morpholine rings is 1. The van der Waals surface area contributed by atoms with Crippen LogP contribution in [-0.4, -0.2) is 35.4 Å². The van der Waals surface area contributed by atoms with E-state index in [0.29, 0.717) is 23.7 Å². The Bertz CT molecular complexity index is 967. The van der Waals surface area contributed by atoms with E-state index in [1.807, 2.05) is 24.3 Å². The Morgan fingerprint density at radius 1 is 1.21 bits per heavy atom. The average Bonchev–Trinajstić information content (AvgIpc) is 3.11. The second-order valence-electron chi connectivity index (χ2n) is 6.69. The number of nitrogens with zero attached hydrogens (tertiary/aromatic N) is 2. The number of hydrogen-bond donors (Lipinski definition) is 2. The lowest BCUT2D eigenvalue weighted by molar-refractivity contribution is 0.0277. The molecule has 1 aliphatic rings. The zero-order chi connectivity index (χ0) is 19.5. The van der Waals surface area contributed by atoms with E-state index in [2.05, 4.69) is 15.7 Å². The van der Waals surface area contributed by atoms with E-state index in [-0.39, 0.29) is 30.2 Å². The molecule has 0 aliphatic carbocycles. The van der Waals surface area contributed by atoms with Gasteiger partial charge in [0.25, 0.3) is 5.91 Å². The summed E-state index contributed by atoms with van der Waals surface area (Å²) in [7, 11) is 1.71. The van der Waals surface area contributed by atoms with Crippen molar-refractivity contribution < 1.29 is 13.9 Å². The molecule has 0 radical (unpaired) electrons. The smallest absolute Gasteiger partial charge is 0.273 e. The van der Waals surface area contributed by atoms with E-state index < -0.39 is 0 Å². The van der Waals surface area contributed by atoms with Crippen molar-refractivity contribution in [1.29, 1.82) is 0 Å². The maximum Gasteiger partial charge on any atom is 0.273 e. The molecule has 1 atom stereocenters. The second-order valence-corrected chi connectivity index (χ2v) is 6.69. The molecule has 1 fully saturated rings. The molecule has 6 nitrogen and oxygen atoms in total. The molecular weight excluding hydrogens is 395 g/mol. The van der Waals surface area contributed by atoms with Gasteiger partial charge in [-0.25, -0.2) is 4.39 Å². The first-order valence-electron chi connectivity index (χ1n) is 9.14. The Hall–Kier alpha value is -2.74. The van der Waals surface area contributed by atoms with Crippen molar-refractivity contribution in [1.82, 2.24) is 15.1 Å². The van der Waals surface area contributed by atoms with Crippen LogP contribution in [0.25, 0.3) is 11.3 Å². The molecule has 1 aliphatic heterocycles. The summed E-state index contributed by atoms with van der Waals surface area (Å²) in [6.45, 7) is 2.35. The molecule has 29 heavy (non-hydrogen) atoms. The monoisotopic (exact) mass is 416 g/mol. The lowest BCUT2D eigenvalue weighted by Gasteiger charge is -2.24. The van der Waals surface area contributed by atoms with Gasteiger partial charge in [-0.15, -0.1) is 12.4 Å². The number of halogens is 2. The molecule has 2 N–H and O–H groups in total. The van der Waals surface area contributed by atoms with Gasteiger partial charge < -0.3 is 15.4 Å². The number of nitrogens with one attached hydrogen (secondary N) is 2. The van der Waals surface area contributed by atoms with Gasteiger partial charge in [0.1, 0.15) is 11.5 Å². The second kappa shape index (κ2) is 9.17. The topological polar surface area (TPSA) is 68.2 Å². The highest BCUT2D eigenvalue weighted by atomic mass is 35.5. The molecule has 1 amide bonds. The quantitative estimate of drug-likeness (QED) is 0.682. The highest BCUT2D eigenvalue weighted by Gasteiger charge is 2.17. The molecule has 3 aromatic rings. The number of rotatable bonds is 4. The van der Waals surface area contributed by atoms with Crippen LogP contribution in [0.15, 0.2) is 54.6 Å². The van der Waals surface area contributed by atoms with Crippen LogP contribution in [0.5, 0.6) is 0 Å². The van der Waals surface area contributed by atoms with Crippen molar-refractivity contribution in [3.05, 3.63) is 71.7 Å². The number of amides is 1. The average molecular weight is 417 g/mol. The first-order chi connectivity index (χ1) is 13.6. The van der Waals surface area contributed by atoms with Crippen molar-refractivity contribution in [3.8, 4) is 11.3 Å². The first-order valence-corrected chi connectivity index (χ1v) is 9.14. The number of ether oxygens (including phenoxy) is 1. The van der Waals surface area contributed by atoms with Crippen LogP contribution in [-0.2, 0) is 11.8 Å². The summed E-state index contributed by atoms with van der Waals surface area (Å²) in [5, 5.41) is 10.5. The molecule has 8 heteroatoms. The summed E-state index contributed by atoms with van der Waals surface area (Å²) in [5.41, 5.74) is 3.56. The molecule has 0 saturated carbocycles. The van der Waals surface area contributed by atoms with Gasteiger partial charge in [-0.2, -0.15) is 5.10 Å². The van der Waals surface area contributed by atoms with Crippen molar-refractivity contribution in [2.45, 2.75) is 6.10 Å². The predicted molar refractivity (Wildman–Crippen MR) is 112 cm³/mol. The van der Waals surface area contributed by atoms with E-state index in [4.69, 9.17) is 4.74 Å². The number of benzene rings is 2. The van der Waals surface area contributed by atoms with Crippen LogP contribution in [0.2, 0.25) is 0 Å². The van der Waals surface area contributed by atoms with Gasteiger partial charge in [0.15, 0.2) is 0 Å². The zero-order valence-corrected chi connectivity index (χ0v) is 16.7. The summed E-state index contributed by atoms with van der Waals surface area (Å²) in [4.78, 5) is 12.7. The molecule has 152 valence electrons. The largest absolute Gasteiger partial charge is 0.371 e. The van der Waals surface area contributed by atoms with Crippen LogP contribution in [0, 0.1) is 5.82 Å². The molecule has 0 unspecified atom stereocenters. The Labute approximate surface area is 174 Å². The molecule has 4 rings (SSSR count). The lowest BCUT2D eigenvalue weighted by Crippen LogP contribution is -2.33. The van der Waals surface area contributed by atoms with E-state index in [0.717, 1.165) is 24.2 Å². The fourth-order valence-electron chi connectivity index (χ4n) is 3.20. The van der Waals surface area contributed by atoms with Crippen molar-refractivity contribution >= 4 is 24.0 Å². The molecule has 2 aromatic carbocycles. The van der Waals surface area contributed by atoms with Crippen molar-refractivity contribution in [2.75, 3.05) is 25.0 Å². The van der Waals surface area contributed by atoms with E-state index in [1.165, 1.54) is 16.8 Å². The zero-order valence-electron chi connectivity index (χ0n) is 15.9. The molecule has 0 spiro atoms. The maximum atomic E-state index is 13.1. The van der Waals surface area contributed by atoms with Gasteiger partial charge in [0.2, 0.25) is 0 Å². The van der Waals surface area contributed by atoms with Gasteiger partial charge in [-0.1, -0.05) is 12.1 Å². The minimum absolute atomic E-state index is 0. The minimum Gasteiger partial charge on any atom is -0.371 e. The fourth-order valence-corrected chi connectivity index (χ4v) is 3.20. The third-order valence-corrected chi connectivity index (χ3v) is 4.72. The van der Waals surface area contributed by atoms with Gasteiger partial charge in [0.05, 0.1) is 18.4 Å². The Morgan fingerprint density at radius 2 is 1.93 bits per heavy atom. The van der Waals surface area contributed by atoms with Crippen LogP contribution in [0.3, 0.4) is 0 Å². The lowest BCUT2D eigenvalue weighted by atomic mass is 10.1. The van der Waals surface area contributed by atoms with Gasteiger partial charge in [0, 0.05) is 31.4 Å². The summed E-state index contributed by atoms with van der Waals surface area (Å²) < 4.78 is 20.4. The third-order valence-electron chi connectivity index (χ3n) is 4.72. The molecule has 1 saturated heterocycles. The highest BCUT2D eigenvalue weighted by molar-refractivity contribution is 6.03. The van der Waals surface area contributed by atoms with E-state index in [9.17, 15) is 9.18 Å². The van der Waals surface area contributed by atoms with E-state index >= 15 is 0 Å². The van der Waals surface area contributed by atoms with Crippen LogP contribution >= 0.6 is 12.4 Å². The minimum atomic E-state index is -0.310. The number of aryl methyl sites for hydroxylation is 1. The Balaban J connectivity index is 0.00000240. The number of anilines is 1. The summed E-state index contributed by atoms with van der Waals surface area (Å²) in [5.74, 6) is -0.567. The van der Waals surface area contributed by atoms with E-state index in [1.54, 1.807) is 25.2 Å². The fraction of sp³-hybridized carbons (Fsp3) is 0.238. The van der Waals surface area contributed by atoms with Crippen molar-refractivity contribution in [2.24, 2.45) is 7.05 Å². The highest BCUT2D eigenvalue weighted by Crippen LogP contribution is 2.22. The molecular formula is C21H22ClFN4O2.